The molecule has 0 aromatic heterocycles. The molecule has 0 heterocycles. The normalized spacial score (nSPS) is 18.8. The van der Waals surface area contributed by atoms with E-state index in [1.54, 1.807) is 6.92 Å². The number of hydrogen-bond acceptors (Lipinski definition) is 3. The second kappa shape index (κ2) is 4.42. The SMILES string of the molecule is CCONC(C)C(=O)NC1CC1. The highest BCUT2D eigenvalue weighted by atomic mass is 16.6. The molecule has 2 N–H and O–H groups in total. The van der Waals surface area contributed by atoms with E-state index in [2.05, 4.69) is 10.8 Å². The molecule has 4 nitrogen and oxygen atoms in total. The average Bonchev–Trinajstić information content (AvgIpc) is 2.83. The summed E-state index contributed by atoms with van der Waals surface area (Å²) in [6, 6.07) is 0.161. The number of amides is 1. The zero-order valence-corrected chi connectivity index (χ0v) is 7.59. The minimum atomic E-state index is -0.259. The predicted molar refractivity (Wildman–Crippen MR) is 45.4 cm³/mol. The van der Waals surface area contributed by atoms with Crippen LogP contribution < -0.4 is 10.8 Å². The van der Waals surface area contributed by atoms with E-state index < -0.39 is 0 Å². The number of hydrogen-bond donors (Lipinski definition) is 2. The Kier molecular flexibility index (Phi) is 3.49. The predicted octanol–water partition coefficient (Wildman–Crippen LogP) is 0.195. The molecule has 12 heavy (non-hydrogen) atoms. The second-order valence-electron chi connectivity index (χ2n) is 3.06. The van der Waals surface area contributed by atoms with Crippen LogP contribution in [0, 0.1) is 0 Å². The maximum atomic E-state index is 11.2. The first-order valence-corrected chi connectivity index (χ1v) is 4.41. The van der Waals surface area contributed by atoms with Crippen molar-refractivity contribution in [2.75, 3.05) is 6.61 Å². The Morgan fingerprint density at radius 3 is 2.83 bits per heavy atom. The van der Waals surface area contributed by atoms with Gasteiger partial charge in [-0.3, -0.25) is 4.79 Å². The van der Waals surface area contributed by atoms with Gasteiger partial charge in [-0.1, -0.05) is 0 Å². The Balaban J connectivity index is 2.11. The largest absolute Gasteiger partial charge is 0.352 e. The summed E-state index contributed by atoms with van der Waals surface area (Å²) in [6.45, 7) is 4.23. The van der Waals surface area contributed by atoms with Gasteiger partial charge in [-0.15, -0.1) is 0 Å². The van der Waals surface area contributed by atoms with E-state index in [0.717, 1.165) is 12.8 Å². The van der Waals surface area contributed by atoms with Gasteiger partial charge in [0, 0.05) is 6.04 Å². The Bertz CT molecular complexity index is 157. The van der Waals surface area contributed by atoms with E-state index in [0.29, 0.717) is 12.6 Å². The van der Waals surface area contributed by atoms with Crippen LogP contribution in [0.4, 0.5) is 0 Å². The van der Waals surface area contributed by atoms with E-state index in [-0.39, 0.29) is 11.9 Å². The van der Waals surface area contributed by atoms with E-state index in [1.807, 2.05) is 6.92 Å². The van der Waals surface area contributed by atoms with E-state index >= 15 is 0 Å². The van der Waals surface area contributed by atoms with E-state index in [4.69, 9.17) is 4.84 Å². The molecule has 1 amide bonds. The fourth-order valence-corrected chi connectivity index (χ4v) is 0.816. The molecule has 0 bridgehead atoms. The molecule has 1 aliphatic rings. The van der Waals surface area contributed by atoms with Crippen LogP contribution in [0.15, 0.2) is 0 Å². The van der Waals surface area contributed by atoms with E-state index in [1.165, 1.54) is 0 Å². The fourth-order valence-electron chi connectivity index (χ4n) is 0.816. The van der Waals surface area contributed by atoms with Gasteiger partial charge in [0.2, 0.25) is 5.91 Å². The zero-order valence-electron chi connectivity index (χ0n) is 7.59. The first kappa shape index (κ1) is 9.48. The molecule has 1 atom stereocenters. The Morgan fingerprint density at radius 1 is 1.67 bits per heavy atom. The lowest BCUT2D eigenvalue weighted by Gasteiger charge is -2.12. The molecule has 1 saturated carbocycles. The number of rotatable bonds is 5. The van der Waals surface area contributed by atoms with Crippen molar-refractivity contribution in [2.24, 2.45) is 0 Å². The molecule has 0 radical (unpaired) electrons. The lowest BCUT2D eigenvalue weighted by Crippen LogP contribution is -2.42. The van der Waals surface area contributed by atoms with Gasteiger partial charge in [-0.05, 0) is 26.7 Å². The lowest BCUT2D eigenvalue weighted by molar-refractivity contribution is -0.126. The van der Waals surface area contributed by atoms with Gasteiger partial charge in [0.25, 0.3) is 0 Å². The molecule has 0 aromatic rings. The summed E-state index contributed by atoms with van der Waals surface area (Å²) in [5, 5.41) is 2.88. The quantitative estimate of drug-likeness (QED) is 0.582. The van der Waals surface area contributed by atoms with Crippen LogP contribution in [0.25, 0.3) is 0 Å². The average molecular weight is 172 g/mol. The molecule has 1 unspecified atom stereocenters. The van der Waals surface area contributed by atoms with Crippen molar-refractivity contribution >= 4 is 5.91 Å². The molecule has 0 aromatic carbocycles. The van der Waals surface area contributed by atoms with Gasteiger partial charge in [0.15, 0.2) is 0 Å². The van der Waals surface area contributed by atoms with Crippen LogP contribution in [0.5, 0.6) is 0 Å². The third kappa shape index (κ3) is 3.19. The zero-order chi connectivity index (χ0) is 8.97. The van der Waals surface area contributed by atoms with Crippen molar-refractivity contribution in [1.82, 2.24) is 10.8 Å². The van der Waals surface area contributed by atoms with Crippen LogP contribution in [-0.2, 0) is 9.63 Å². The molecule has 1 fully saturated rings. The summed E-state index contributed by atoms with van der Waals surface area (Å²) in [5.74, 6) is 0.0194. The molecular weight excluding hydrogens is 156 g/mol. The Hall–Kier alpha value is -0.610. The third-order valence-corrected chi connectivity index (χ3v) is 1.72. The highest BCUT2D eigenvalue weighted by Crippen LogP contribution is 2.18. The summed E-state index contributed by atoms with van der Waals surface area (Å²) in [5.41, 5.74) is 2.65. The lowest BCUT2D eigenvalue weighted by atomic mass is 10.3. The highest BCUT2D eigenvalue weighted by molar-refractivity contribution is 5.81. The van der Waals surface area contributed by atoms with Crippen molar-refractivity contribution < 1.29 is 9.63 Å². The van der Waals surface area contributed by atoms with E-state index in [9.17, 15) is 4.79 Å². The highest BCUT2D eigenvalue weighted by Gasteiger charge is 2.25. The Labute approximate surface area is 72.6 Å². The summed E-state index contributed by atoms with van der Waals surface area (Å²) in [4.78, 5) is 16.2. The standard InChI is InChI=1S/C8H16N2O2/c1-3-12-10-6(2)8(11)9-7-4-5-7/h6-7,10H,3-5H2,1-2H3,(H,9,11). The first-order chi connectivity index (χ1) is 5.74. The van der Waals surface area contributed by atoms with Gasteiger partial charge in [0.1, 0.15) is 6.04 Å². The van der Waals surface area contributed by atoms with Crippen LogP contribution >= 0.6 is 0 Å². The van der Waals surface area contributed by atoms with Crippen molar-refractivity contribution in [3.8, 4) is 0 Å². The van der Waals surface area contributed by atoms with Crippen molar-refractivity contribution in [2.45, 2.75) is 38.8 Å². The topological polar surface area (TPSA) is 50.4 Å². The molecule has 0 aliphatic heterocycles. The number of carbonyl (C=O) groups is 1. The van der Waals surface area contributed by atoms with Gasteiger partial charge in [0.05, 0.1) is 6.61 Å². The number of carbonyl (C=O) groups excluding carboxylic acids is 1. The van der Waals surface area contributed by atoms with Gasteiger partial charge in [-0.2, -0.15) is 5.48 Å². The van der Waals surface area contributed by atoms with Crippen molar-refractivity contribution in [3.63, 3.8) is 0 Å². The molecular formula is C8H16N2O2. The molecule has 1 aliphatic carbocycles. The summed E-state index contributed by atoms with van der Waals surface area (Å²) in [7, 11) is 0. The minimum Gasteiger partial charge on any atom is -0.352 e. The molecule has 70 valence electrons. The van der Waals surface area contributed by atoms with Gasteiger partial charge < -0.3 is 10.2 Å². The van der Waals surface area contributed by atoms with Crippen LogP contribution in [-0.4, -0.2) is 24.6 Å². The molecule has 0 saturated heterocycles. The minimum absolute atomic E-state index is 0.0194. The third-order valence-electron chi connectivity index (χ3n) is 1.72. The van der Waals surface area contributed by atoms with Crippen LogP contribution in [0.1, 0.15) is 26.7 Å². The summed E-state index contributed by atoms with van der Waals surface area (Å²) in [6.07, 6.45) is 2.24. The number of hydroxylamine groups is 1. The molecule has 1 rings (SSSR count). The maximum Gasteiger partial charge on any atom is 0.239 e. The monoisotopic (exact) mass is 172 g/mol. The van der Waals surface area contributed by atoms with Crippen molar-refractivity contribution in [3.05, 3.63) is 0 Å². The first-order valence-electron chi connectivity index (χ1n) is 4.41. The number of nitrogens with one attached hydrogen (secondary N) is 2. The van der Waals surface area contributed by atoms with Crippen LogP contribution in [0.3, 0.4) is 0 Å². The summed E-state index contributed by atoms with van der Waals surface area (Å²) >= 11 is 0. The smallest absolute Gasteiger partial charge is 0.239 e. The van der Waals surface area contributed by atoms with Gasteiger partial charge in [-0.25, -0.2) is 0 Å². The molecule has 4 heteroatoms. The maximum absolute atomic E-state index is 11.2. The Morgan fingerprint density at radius 2 is 2.33 bits per heavy atom. The van der Waals surface area contributed by atoms with Gasteiger partial charge >= 0.3 is 0 Å². The van der Waals surface area contributed by atoms with Crippen LogP contribution in [0.2, 0.25) is 0 Å². The van der Waals surface area contributed by atoms with Crippen molar-refractivity contribution in [1.29, 1.82) is 0 Å². The molecule has 0 spiro atoms. The fraction of sp³-hybridized carbons (Fsp3) is 0.875. The summed E-state index contributed by atoms with van der Waals surface area (Å²) < 4.78 is 0. The second-order valence-corrected chi connectivity index (χ2v) is 3.06.